The number of fused-ring (bicyclic) bond motifs is 4. The predicted molar refractivity (Wildman–Crippen MR) is 172 cm³/mol. The monoisotopic (exact) mass is 658 g/mol. The fourth-order valence-corrected chi connectivity index (χ4v) is 7.81. The van der Waals surface area contributed by atoms with Crippen molar-refractivity contribution in [2.24, 2.45) is 5.92 Å². The number of anilines is 2. The Bertz CT molecular complexity index is 2010. The molecule has 1 atom stereocenters. The summed E-state index contributed by atoms with van der Waals surface area (Å²) >= 11 is 0.858. The van der Waals surface area contributed by atoms with Crippen molar-refractivity contribution in [1.29, 1.82) is 10.5 Å². The van der Waals surface area contributed by atoms with Gasteiger partial charge < -0.3 is 14.4 Å². The molecule has 3 aliphatic heterocycles. The molecule has 4 aromatic rings. The van der Waals surface area contributed by atoms with Gasteiger partial charge in [-0.05, 0) is 64.3 Å². The van der Waals surface area contributed by atoms with E-state index in [1.54, 1.807) is 27.0 Å². The van der Waals surface area contributed by atoms with Crippen LogP contribution in [-0.4, -0.2) is 63.8 Å². The van der Waals surface area contributed by atoms with Crippen LogP contribution in [0, 0.1) is 40.2 Å². The maximum atomic E-state index is 16.9. The molecule has 0 aliphatic carbocycles. The maximum Gasteiger partial charge on any atom is 0.412 e. The van der Waals surface area contributed by atoms with Gasteiger partial charge in [-0.3, -0.25) is 15.2 Å². The van der Waals surface area contributed by atoms with E-state index in [9.17, 15) is 15.3 Å². The smallest absolute Gasteiger partial charge is 0.412 e. The molecule has 0 radical (unpaired) electrons. The number of nitriles is 2. The van der Waals surface area contributed by atoms with Crippen LogP contribution in [-0.2, 0) is 22.7 Å². The highest BCUT2D eigenvalue weighted by Crippen LogP contribution is 2.46. The molecule has 0 unspecified atom stereocenters. The van der Waals surface area contributed by atoms with Gasteiger partial charge in [0.25, 0.3) is 0 Å². The van der Waals surface area contributed by atoms with E-state index < -0.39 is 23.3 Å². The Morgan fingerprint density at radius 3 is 2.60 bits per heavy atom. The third kappa shape index (κ3) is 5.60. The quantitative estimate of drug-likeness (QED) is 0.268. The first-order chi connectivity index (χ1) is 22.6. The molecule has 11 nitrogen and oxygen atoms in total. The minimum Gasteiger partial charge on any atom is -0.444 e. The van der Waals surface area contributed by atoms with Gasteiger partial charge in [-0.25, -0.2) is 23.5 Å². The minimum absolute atomic E-state index is 0.0460. The van der Waals surface area contributed by atoms with E-state index >= 15 is 8.78 Å². The SMILES string of the molecule is CC(C)(C)OC(=O)Nc1sc2c(F)cnc(-c3c4c(c5cnc(N6CC[C@@H](N7CCC(C#N)CC7)C6)nc5c3F)COC4)c2c1C#N. The van der Waals surface area contributed by atoms with Gasteiger partial charge in [0, 0.05) is 47.6 Å². The lowest BCUT2D eigenvalue weighted by Crippen LogP contribution is -2.42. The number of benzene rings is 1. The number of hydrogen-bond acceptors (Lipinski definition) is 11. The van der Waals surface area contributed by atoms with E-state index in [4.69, 9.17) is 14.5 Å². The largest absolute Gasteiger partial charge is 0.444 e. The first-order valence-corrected chi connectivity index (χ1v) is 16.4. The Balaban J connectivity index is 1.29. The number of likely N-dealkylation sites (tertiary alicyclic amines) is 1. The number of halogens is 2. The van der Waals surface area contributed by atoms with Crippen LogP contribution in [0.5, 0.6) is 0 Å². The first-order valence-electron chi connectivity index (χ1n) is 15.5. The number of carbonyl (C=O) groups excluding carboxylic acids is 1. The molecular weight excluding hydrogens is 626 g/mol. The molecule has 14 heteroatoms. The number of rotatable bonds is 4. The summed E-state index contributed by atoms with van der Waals surface area (Å²) < 4.78 is 43.2. The van der Waals surface area contributed by atoms with Crippen molar-refractivity contribution in [1.82, 2.24) is 19.9 Å². The Hall–Kier alpha value is -4.50. The highest BCUT2D eigenvalue weighted by atomic mass is 32.1. The van der Waals surface area contributed by atoms with E-state index in [2.05, 4.69) is 37.2 Å². The van der Waals surface area contributed by atoms with Crippen molar-refractivity contribution in [2.75, 3.05) is 36.4 Å². The second-order valence-electron chi connectivity index (χ2n) is 13.1. The normalized spacial score (nSPS) is 18.8. The molecule has 0 bridgehead atoms. The summed E-state index contributed by atoms with van der Waals surface area (Å²) in [7, 11) is 0. The van der Waals surface area contributed by atoms with Crippen LogP contribution in [0.15, 0.2) is 12.4 Å². The fraction of sp³-hybridized carbons (Fsp3) is 0.455. The molecular formula is C33H32F2N8O3S. The zero-order valence-electron chi connectivity index (χ0n) is 26.2. The van der Waals surface area contributed by atoms with Crippen molar-refractivity contribution in [3.63, 3.8) is 0 Å². The molecule has 1 N–H and O–H groups in total. The summed E-state index contributed by atoms with van der Waals surface area (Å²) in [6.45, 7) is 8.56. The number of amides is 1. The maximum absolute atomic E-state index is 16.9. The minimum atomic E-state index is -0.804. The molecule has 1 amide bonds. The van der Waals surface area contributed by atoms with Crippen LogP contribution in [0.2, 0.25) is 0 Å². The lowest BCUT2D eigenvalue weighted by atomic mass is 9.94. The molecule has 0 saturated carbocycles. The lowest BCUT2D eigenvalue weighted by molar-refractivity contribution is 0.0636. The van der Waals surface area contributed by atoms with E-state index in [1.807, 2.05) is 0 Å². The van der Waals surface area contributed by atoms with Gasteiger partial charge in [0.1, 0.15) is 22.2 Å². The topological polar surface area (TPSA) is 140 Å². The van der Waals surface area contributed by atoms with Gasteiger partial charge in [0.2, 0.25) is 5.95 Å². The average Bonchev–Trinajstić information content (AvgIpc) is 3.80. The third-order valence-corrected chi connectivity index (χ3v) is 10.1. The number of pyridine rings is 1. The van der Waals surface area contributed by atoms with Gasteiger partial charge in [-0.1, -0.05) is 0 Å². The van der Waals surface area contributed by atoms with E-state index in [1.165, 1.54) is 0 Å². The zero-order chi connectivity index (χ0) is 33.0. The van der Waals surface area contributed by atoms with Crippen LogP contribution in [0.1, 0.15) is 56.7 Å². The number of thiophene rings is 1. The molecule has 2 saturated heterocycles. The van der Waals surface area contributed by atoms with E-state index in [0.29, 0.717) is 41.6 Å². The Labute approximate surface area is 273 Å². The number of hydrogen-bond donors (Lipinski definition) is 1. The van der Waals surface area contributed by atoms with Crippen LogP contribution < -0.4 is 10.2 Å². The molecule has 3 aromatic heterocycles. The Morgan fingerprint density at radius 2 is 1.87 bits per heavy atom. The first kappa shape index (κ1) is 31.1. The molecule has 1 aromatic carbocycles. The standard InChI is InChI=1S/C33H32F2N8O3S/c1-33(2,3)46-32(44)41-30-19(11-37)25-28(38-13-23(34)29(25)47-30)24-22-16-45-15-21(22)20-12-39-31(40-27(20)26(24)35)43-9-6-18(14-43)42-7-4-17(10-36)5-8-42/h12-13,17-18H,4-9,14-16H2,1-3H3,(H,41,44)/t18-/m1/s1. The van der Waals surface area contributed by atoms with Gasteiger partial charge in [-0.2, -0.15) is 10.5 Å². The highest BCUT2D eigenvalue weighted by Gasteiger charge is 2.34. The molecule has 7 rings (SSSR count). The summed E-state index contributed by atoms with van der Waals surface area (Å²) in [5, 5.41) is 22.7. The molecule has 3 aliphatic rings. The summed E-state index contributed by atoms with van der Waals surface area (Å²) in [4.78, 5) is 30.7. The average molecular weight is 659 g/mol. The second-order valence-corrected chi connectivity index (χ2v) is 14.1. The summed E-state index contributed by atoms with van der Waals surface area (Å²) in [6.07, 6.45) is 4.46. The van der Waals surface area contributed by atoms with Gasteiger partial charge in [0.05, 0.1) is 41.4 Å². The fourth-order valence-electron chi connectivity index (χ4n) is 6.77. The molecule has 2 fully saturated rings. The van der Waals surface area contributed by atoms with Crippen molar-refractivity contribution < 1.29 is 23.0 Å². The van der Waals surface area contributed by atoms with Crippen molar-refractivity contribution in [3.05, 3.63) is 40.7 Å². The van der Waals surface area contributed by atoms with Crippen LogP contribution in [0.4, 0.5) is 24.5 Å². The molecule has 242 valence electrons. The van der Waals surface area contributed by atoms with Crippen molar-refractivity contribution >= 4 is 49.4 Å². The highest BCUT2D eigenvalue weighted by molar-refractivity contribution is 7.23. The Morgan fingerprint density at radius 1 is 1.11 bits per heavy atom. The molecule has 0 spiro atoms. The van der Waals surface area contributed by atoms with Crippen LogP contribution in [0.3, 0.4) is 0 Å². The molecule has 6 heterocycles. The number of carbonyl (C=O) groups is 1. The van der Waals surface area contributed by atoms with E-state index in [-0.39, 0.29) is 56.6 Å². The lowest BCUT2D eigenvalue weighted by Gasteiger charge is -2.33. The second kappa shape index (κ2) is 11.9. The number of piperidine rings is 1. The van der Waals surface area contributed by atoms with Crippen LogP contribution in [0.25, 0.3) is 32.2 Å². The van der Waals surface area contributed by atoms with Gasteiger partial charge in [0.15, 0.2) is 11.6 Å². The van der Waals surface area contributed by atoms with E-state index in [0.717, 1.165) is 49.9 Å². The predicted octanol–water partition coefficient (Wildman–Crippen LogP) is 6.25. The number of ether oxygens (including phenoxy) is 2. The summed E-state index contributed by atoms with van der Waals surface area (Å²) in [5.74, 6) is -0.857. The molecule has 47 heavy (non-hydrogen) atoms. The Kier molecular flexibility index (Phi) is 7.91. The summed E-state index contributed by atoms with van der Waals surface area (Å²) in [5.41, 5.74) is 0.634. The zero-order valence-corrected chi connectivity index (χ0v) is 27.0. The summed E-state index contributed by atoms with van der Waals surface area (Å²) in [6, 6.07) is 4.74. The van der Waals surface area contributed by atoms with Crippen molar-refractivity contribution in [2.45, 2.75) is 64.9 Å². The third-order valence-electron chi connectivity index (χ3n) is 8.99. The van der Waals surface area contributed by atoms with Crippen molar-refractivity contribution in [3.8, 4) is 23.4 Å². The van der Waals surface area contributed by atoms with Gasteiger partial charge in [-0.15, -0.1) is 11.3 Å². The number of nitrogens with one attached hydrogen (secondary N) is 1. The van der Waals surface area contributed by atoms with Gasteiger partial charge >= 0.3 is 6.09 Å². The van der Waals surface area contributed by atoms with Crippen LogP contribution >= 0.6 is 11.3 Å². The number of nitrogens with zero attached hydrogens (tertiary/aromatic N) is 7. The number of aromatic nitrogens is 3.